The highest BCUT2D eigenvalue weighted by Gasteiger charge is 2.26. The Morgan fingerprint density at radius 3 is 2.35 bits per heavy atom. The predicted molar refractivity (Wildman–Crippen MR) is 78.9 cm³/mol. The summed E-state index contributed by atoms with van der Waals surface area (Å²) in [7, 11) is -2.36. The summed E-state index contributed by atoms with van der Waals surface area (Å²) in [6, 6.07) is 3.58. The first-order chi connectivity index (χ1) is 9.18. The number of oxime groups is 1. The predicted octanol–water partition coefficient (Wildman–Crippen LogP) is 2.14. The molecule has 3 N–H and O–H groups in total. The zero-order chi connectivity index (χ0) is 15.5. The van der Waals surface area contributed by atoms with E-state index in [-0.39, 0.29) is 27.2 Å². The Bertz CT molecular complexity index is 599. The fraction of sp³-hybridized carbons (Fsp3) is 0.364. The molecule has 112 valence electrons. The van der Waals surface area contributed by atoms with Crippen molar-refractivity contribution in [1.82, 2.24) is 4.31 Å². The number of hydrogen-bond donors (Lipinski definition) is 2. The summed E-state index contributed by atoms with van der Waals surface area (Å²) in [6.07, 6.45) is 0.0977. The Kier molecular flexibility index (Phi) is 5.64. The van der Waals surface area contributed by atoms with Crippen LogP contribution in [0, 0.1) is 0 Å². The summed E-state index contributed by atoms with van der Waals surface area (Å²) in [5.74, 6) is -0.0522. The van der Waals surface area contributed by atoms with Gasteiger partial charge in [0.15, 0.2) is 0 Å². The van der Waals surface area contributed by atoms with Crippen LogP contribution in [0.2, 0.25) is 10.0 Å². The van der Waals surface area contributed by atoms with Crippen LogP contribution in [0.4, 0.5) is 0 Å². The molecule has 0 fully saturated rings. The van der Waals surface area contributed by atoms with Crippen LogP contribution in [0.15, 0.2) is 28.3 Å². The van der Waals surface area contributed by atoms with E-state index in [2.05, 4.69) is 5.16 Å². The summed E-state index contributed by atoms with van der Waals surface area (Å²) < 4.78 is 25.9. The number of amidine groups is 1. The lowest BCUT2D eigenvalue weighted by Crippen LogP contribution is -2.37. The van der Waals surface area contributed by atoms with E-state index < -0.39 is 16.1 Å². The number of sulfonamides is 1. The molecule has 0 aliphatic rings. The van der Waals surface area contributed by atoms with Gasteiger partial charge in [0.2, 0.25) is 10.0 Å². The lowest BCUT2D eigenvalue weighted by molar-refractivity contribution is 0.313. The van der Waals surface area contributed by atoms with Gasteiger partial charge in [0.1, 0.15) is 5.84 Å². The minimum Gasteiger partial charge on any atom is -0.409 e. The van der Waals surface area contributed by atoms with Gasteiger partial charge in [-0.05, 0) is 25.1 Å². The molecule has 1 rings (SSSR count). The van der Waals surface area contributed by atoms with Gasteiger partial charge >= 0.3 is 0 Å². The third-order valence-corrected chi connectivity index (χ3v) is 5.15. The molecule has 1 aromatic rings. The van der Waals surface area contributed by atoms with Crippen LogP contribution in [0.3, 0.4) is 0 Å². The van der Waals surface area contributed by atoms with Crippen molar-refractivity contribution in [2.45, 2.75) is 24.3 Å². The van der Waals surface area contributed by atoms with Gasteiger partial charge in [0.05, 0.1) is 4.90 Å². The molecule has 0 aromatic heterocycles. The molecule has 0 spiro atoms. The van der Waals surface area contributed by atoms with Crippen molar-refractivity contribution < 1.29 is 13.6 Å². The molecule has 0 saturated heterocycles. The van der Waals surface area contributed by atoms with Crippen molar-refractivity contribution >= 4 is 39.1 Å². The van der Waals surface area contributed by atoms with Crippen LogP contribution in [-0.4, -0.2) is 36.9 Å². The van der Waals surface area contributed by atoms with Crippen LogP contribution < -0.4 is 5.73 Å². The van der Waals surface area contributed by atoms with E-state index in [0.717, 1.165) is 4.31 Å². The van der Waals surface area contributed by atoms with Crippen LogP contribution in [0.5, 0.6) is 0 Å². The molecule has 0 aliphatic carbocycles. The van der Waals surface area contributed by atoms with Crippen LogP contribution >= 0.6 is 23.2 Å². The largest absolute Gasteiger partial charge is 0.409 e. The van der Waals surface area contributed by atoms with Gasteiger partial charge in [0, 0.05) is 29.6 Å². The molecule has 20 heavy (non-hydrogen) atoms. The standard InChI is InChI=1S/C11H15Cl2N3O3S/c1-7(3-11(14)15-17)16(2)20(18,19)10-5-8(12)4-9(13)6-10/h4-7,17H,3H2,1-2H3,(H2,14,15). The van der Waals surface area contributed by atoms with Crippen LogP contribution in [0.1, 0.15) is 13.3 Å². The molecule has 9 heteroatoms. The van der Waals surface area contributed by atoms with E-state index in [9.17, 15) is 8.42 Å². The van der Waals surface area contributed by atoms with Crippen molar-refractivity contribution in [1.29, 1.82) is 0 Å². The van der Waals surface area contributed by atoms with Gasteiger partial charge < -0.3 is 10.9 Å². The maximum Gasteiger partial charge on any atom is 0.243 e. The number of nitrogens with zero attached hydrogens (tertiary/aromatic N) is 2. The summed E-state index contributed by atoms with van der Waals surface area (Å²) >= 11 is 11.6. The zero-order valence-corrected chi connectivity index (χ0v) is 13.2. The van der Waals surface area contributed by atoms with Gasteiger partial charge in [-0.25, -0.2) is 8.42 Å². The van der Waals surface area contributed by atoms with Gasteiger partial charge in [-0.1, -0.05) is 28.4 Å². The van der Waals surface area contributed by atoms with E-state index in [1.165, 1.54) is 25.2 Å². The average molecular weight is 340 g/mol. The van der Waals surface area contributed by atoms with E-state index >= 15 is 0 Å². The quantitative estimate of drug-likeness (QED) is 0.371. The maximum atomic E-state index is 12.4. The van der Waals surface area contributed by atoms with Crippen molar-refractivity contribution in [2.75, 3.05) is 7.05 Å². The highest BCUT2D eigenvalue weighted by atomic mass is 35.5. The Morgan fingerprint density at radius 1 is 1.40 bits per heavy atom. The van der Waals surface area contributed by atoms with E-state index in [1.807, 2.05) is 0 Å². The molecule has 6 nitrogen and oxygen atoms in total. The second-order valence-corrected chi connectivity index (χ2v) is 7.14. The zero-order valence-electron chi connectivity index (χ0n) is 10.9. The summed E-state index contributed by atoms with van der Waals surface area (Å²) in [5.41, 5.74) is 5.38. The molecule has 1 unspecified atom stereocenters. The van der Waals surface area contributed by atoms with E-state index in [0.29, 0.717) is 0 Å². The minimum atomic E-state index is -3.76. The van der Waals surface area contributed by atoms with E-state index in [4.69, 9.17) is 34.1 Å². The van der Waals surface area contributed by atoms with Crippen molar-refractivity contribution in [3.05, 3.63) is 28.2 Å². The highest BCUT2D eigenvalue weighted by molar-refractivity contribution is 7.89. The van der Waals surface area contributed by atoms with Gasteiger partial charge in [-0.3, -0.25) is 0 Å². The molecule has 0 saturated carbocycles. The minimum absolute atomic E-state index is 0.0103. The van der Waals surface area contributed by atoms with Crippen LogP contribution in [0.25, 0.3) is 0 Å². The van der Waals surface area contributed by atoms with Crippen molar-refractivity contribution in [3.8, 4) is 0 Å². The molecule has 0 heterocycles. The molecule has 0 bridgehead atoms. The lowest BCUT2D eigenvalue weighted by atomic mass is 10.2. The molecular formula is C11H15Cl2N3O3S. The summed E-state index contributed by atoms with van der Waals surface area (Å²) in [6.45, 7) is 1.64. The van der Waals surface area contributed by atoms with Crippen molar-refractivity contribution in [3.63, 3.8) is 0 Å². The number of benzene rings is 1. The normalized spacial score (nSPS) is 14.6. The Balaban J connectivity index is 3.09. The number of halogens is 2. The van der Waals surface area contributed by atoms with Gasteiger partial charge in [-0.15, -0.1) is 0 Å². The number of hydrogen-bond acceptors (Lipinski definition) is 4. The Labute approximate surface area is 127 Å². The molecular weight excluding hydrogens is 325 g/mol. The Morgan fingerprint density at radius 2 is 1.90 bits per heavy atom. The monoisotopic (exact) mass is 339 g/mol. The maximum absolute atomic E-state index is 12.4. The number of rotatable bonds is 5. The summed E-state index contributed by atoms with van der Waals surface area (Å²) in [4.78, 5) is -0.0103. The molecule has 1 aromatic carbocycles. The fourth-order valence-corrected chi connectivity index (χ4v) is 3.64. The third kappa shape index (κ3) is 3.99. The second-order valence-electron chi connectivity index (χ2n) is 4.27. The summed E-state index contributed by atoms with van der Waals surface area (Å²) in [5, 5.41) is 11.8. The van der Waals surface area contributed by atoms with Gasteiger partial charge in [-0.2, -0.15) is 4.31 Å². The first kappa shape index (κ1) is 17.0. The van der Waals surface area contributed by atoms with Crippen LogP contribution in [-0.2, 0) is 10.0 Å². The highest BCUT2D eigenvalue weighted by Crippen LogP contribution is 2.25. The molecule has 0 aliphatic heterocycles. The fourth-order valence-electron chi connectivity index (χ4n) is 1.55. The third-order valence-electron chi connectivity index (χ3n) is 2.77. The molecule has 0 radical (unpaired) electrons. The second kappa shape index (κ2) is 6.62. The first-order valence-corrected chi connectivity index (χ1v) is 7.78. The SMILES string of the molecule is CC(CC(N)=NO)N(C)S(=O)(=O)c1cc(Cl)cc(Cl)c1. The first-order valence-electron chi connectivity index (χ1n) is 5.59. The van der Waals surface area contributed by atoms with Crippen molar-refractivity contribution in [2.24, 2.45) is 10.9 Å². The smallest absolute Gasteiger partial charge is 0.243 e. The number of nitrogens with two attached hydrogens (primary N) is 1. The van der Waals surface area contributed by atoms with E-state index in [1.54, 1.807) is 6.92 Å². The van der Waals surface area contributed by atoms with Gasteiger partial charge in [0.25, 0.3) is 0 Å². The Hall–Kier alpha value is -1.02. The average Bonchev–Trinajstić information content (AvgIpc) is 2.36. The topological polar surface area (TPSA) is 96.0 Å². The molecule has 1 atom stereocenters. The lowest BCUT2D eigenvalue weighted by Gasteiger charge is -2.24. The molecule has 0 amide bonds.